The maximum Gasteiger partial charge on any atom is 0.337 e. The minimum Gasteiger partial charge on any atom is -0.465 e. The molecule has 1 aliphatic heterocycles. The van der Waals surface area contributed by atoms with Gasteiger partial charge in [-0.2, -0.15) is 4.31 Å². The average molecular weight is 315 g/mol. The number of hydrogen-bond acceptors (Lipinski definition) is 6. The quantitative estimate of drug-likeness (QED) is 0.777. The highest BCUT2D eigenvalue weighted by Gasteiger charge is 2.33. The van der Waals surface area contributed by atoms with Gasteiger partial charge < -0.3 is 14.6 Å². The summed E-state index contributed by atoms with van der Waals surface area (Å²) in [4.78, 5) is 11.4. The molecule has 1 fully saturated rings. The monoisotopic (exact) mass is 315 g/mol. The Kier molecular flexibility index (Phi) is 4.94. The summed E-state index contributed by atoms with van der Waals surface area (Å²) in [5, 5.41) is 9.27. The molecule has 1 saturated heterocycles. The van der Waals surface area contributed by atoms with Crippen LogP contribution >= 0.6 is 0 Å². The molecule has 0 radical (unpaired) electrons. The second-order valence-electron chi connectivity index (χ2n) is 4.54. The Morgan fingerprint density at radius 2 is 2.10 bits per heavy atom. The van der Waals surface area contributed by atoms with E-state index in [2.05, 4.69) is 4.74 Å². The van der Waals surface area contributed by atoms with Crippen LogP contribution in [0, 0.1) is 0 Å². The molecule has 1 unspecified atom stereocenters. The van der Waals surface area contributed by atoms with Crippen molar-refractivity contribution in [3.05, 3.63) is 29.8 Å². The van der Waals surface area contributed by atoms with E-state index < -0.39 is 22.0 Å². The van der Waals surface area contributed by atoms with E-state index in [0.29, 0.717) is 0 Å². The van der Waals surface area contributed by atoms with Gasteiger partial charge >= 0.3 is 5.97 Å². The Morgan fingerprint density at radius 1 is 1.43 bits per heavy atom. The highest BCUT2D eigenvalue weighted by Crippen LogP contribution is 2.21. The third-order valence-electron chi connectivity index (χ3n) is 3.27. The maximum absolute atomic E-state index is 12.6. The molecule has 1 N–H and O–H groups in total. The van der Waals surface area contributed by atoms with Gasteiger partial charge in [0.05, 0.1) is 43.4 Å². The molecule has 2 rings (SSSR count). The molecule has 1 aromatic carbocycles. The highest BCUT2D eigenvalue weighted by molar-refractivity contribution is 7.89. The predicted octanol–water partition coefficient (Wildman–Crippen LogP) is -0.145. The van der Waals surface area contributed by atoms with Crippen LogP contribution in [0.1, 0.15) is 10.4 Å². The van der Waals surface area contributed by atoms with Crippen molar-refractivity contribution in [3.8, 4) is 0 Å². The van der Waals surface area contributed by atoms with Gasteiger partial charge in [0.2, 0.25) is 10.0 Å². The third-order valence-corrected chi connectivity index (χ3v) is 5.23. The van der Waals surface area contributed by atoms with Crippen molar-refractivity contribution in [2.45, 2.75) is 10.9 Å². The third kappa shape index (κ3) is 3.24. The van der Waals surface area contributed by atoms with E-state index >= 15 is 0 Å². The zero-order chi connectivity index (χ0) is 15.5. The van der Waals surface area contributed by atoms with Gasteiger partial charge in [-0.25, -0.2) is 13.2 Å². The van der Waals surface area contributed by atoms with Crippen LogP contribution in [0.2, 0.25) is 0 Å². The van der Waals surface area contributed by atoms with Crippen molar-refractivity contribution in [2.75, 3.05) is 33.5 Å². The SMILES string of the molecule is COC(=O)c1ccc(S(=O)(=O)N2CCOCC2CO)cc1. The molecule has 0 aliphatic carbocycles. The zero-order valence-electron chi connectivity index (χ0n) is 11.6. The molecule has 0 aromatic heterocycles. The molecule has 1 atom stereocenters. The average Bonchev–Trinajstić information content (AvgIpc) is 2.54. The van der Waals surface area contributed by atoms with E-state index in [1.807, 2.05) is 0 Å². The van der Waals surface area contributed by atoms with E-state index in [1.54, 1.807) is 0 Å². The standard InChI is InChI=1S/C13H17NO6S/c1-19-13(16)10-2-4-12(5-3-10)21(17,18)14-6-7-20-9-11(14)8-15/h2-5,11,15H,6-9H2,1H3. The van der Waals surface area contributed by atoms with E-state index in [-0.39, 0.29) is 36.8 Å². The van der Waals surface area contributed by atoms with Gasteiger partial charge in [0.1, 0.15) is 0 Å². The smallest absolute Gasteiger partial charge is 0.337 e. The first kappa shape index (κ1) is 15.9. The van der Waals surface area contributed by atoms with Crippen LogP contribution in [0.5, 0.6) is 0 Å². The summed E-state index contributed by atoms with van der Waals surface area (Å²) in [5.41, 5.74) is 0.275. The van der Waals surface area contributed by atoms with Gasteiger partial charge in [-0.3, -0.25) is 0 Å². The van der Waals surface area contributed by atoms with Crippen LogP contribution in [-0.4, -0.2) is 63.3 Å². The number of methoxy groups -OCH3 is 1. The molecule has 1 aromatic rings. The van der Waals surface area contributed by atoms with Crippen LogP contribution in [-0.2, 0) is 19.5 Å². The van der Waals surface area contributed by atoms with Gasteiger partial charge in [0, 0.05) is 6.54 Å². The molecular formula is C13H17NO6S. The fraction of sp³-hybridized carbons (Fsp3) is 0.462. The number of hydrogen-bond donors (Lipinski definition) is 1. The lowest BCUT2D eigenvalue weighted by molar-refractivity contribution is 0.0109. The number of carbonyl (C=O) groups is 1. The number of nitrogens with zero attached hydrogens (tertiary/aromatic N) is 1. The number of ether oxygens (including phenoxy) is 2. The molecule has 1 heterocycles. The van der Waals surface area contributed by atoms with Gasteiger partial charge in [-0.05, 0) is 24.3 Å². The van der Waals surface area contributed by atoms with Crippen molar-refractivity contribution in [1.29, 1.82) is 0 Å². The number of rotatable bonds is 4. The van der Waals surface area contributed by atoms with Crippen molar-refractivity contribution in [2.24, 2.45) is 0 Å². The molecule has 0 bridgehead atoms. The molecule has 21 heavy (non-hydrogen) atoms. The molecule has 116 valence electrons. The normalized spacial score (nSPS) is 20.2. The summed E-state index contributed by atoms with van der Waals surface area (Å²) in [7, 11) is -2.47. The minimum atomic E-state index is -3.73. The lowest BCUT2D eigenvalue weighted by atomic mass is 10.2. The summed E-state index contributed by atoms with van der Waals surface area (Å²) in [6, 6.07) is 4.90. The molecule has 0 saturated carbocycles. The summed E-state index contributed by atoms with van der Waals surface area (Å²) in [6.07, 6.45) is 0. The van der Waals surface area contributed by atoms with E-state index in [1.165, 1.54) is 35.7 Å². The number of benzene rings is 1. The Hall–Kier alpha value is -1.48. The topological polar surface area (TPSA) is 93.1 Å². The number of aliphatic hydroxyl groups excluding tert-OH is 1. The first-order valence-electron chi connectivity index (χ1n) is 6.39. The van der Waals surface area contributed by atoms with Crippen molar-refractivity contribution in [1.82, 2.24) is 4.31 Å². The van der Waals surface area contributed by atoms with Crippen molar-refractivity contribution in [3.63, 3.8) is 0 Å². The number of aliphatic hydroxyl groups is 1. The highest BCUT2D eigenvalue weighted by atomic mass is 32.2. The summed E-state index contributed by atoms with van der Waals surface area (Å²) in [5.74, 6) is -0.529. The lowest BCUT2D eigenvalue weighted by Gasteiger charge is -2.33. The van der Waals surface area contributed by atoms with Crippen molar-refractivity contribution < 1.29 is 27.8 Å². The van der Waals surface area contributed by atoms with Crippen LogP contribution in [0.15, 0.2) is 29.2 Å². The summed E-state index contributed by atoms with van der Waals surface area (Å²) >= 11 is 0. The van der Waals surface area contributed by atoms with Gasteiger partial charge in [-0.1, -0.05) is 0 Å². The maximum atomic E-state index is 12.6. The van der Waals surface area contributed by atoms with Gasteiger partial charge in [-0.15, -0.1) is 0 Å². The predicted molar refractivity (Wildman–Crippen MR) is 73.4 cm³/mol. The Balaban J connectivity index is 2.28. The number of morpholine rings is 1. The van der Waals surface area contributed by atoms with E-state index in [9.17, 15) is 18.3 Å². The summed E-state index contributed by atoms with van der Waals surface area (Å²) < 4.78 is 36.1. The number of carbonyl (C=O) groups excluding carboxylic acids is 1. The second-order valence-corrected chi connectivity index (χ2v) is 6.43. The second kappa shape index (κ2) is 6.52. The van der Waals surface area contributed by atoms with Gasteiger partial charge in [0.15, 0.2) is 0 Å². The fourth-order valence-corrected chi connectivity index (χ4v) is 3.70. The molecule has 0 spiro atoms. The number of esters is 1. The molecule has 8 heteroatoms. The first-order valence-corrected chi connectivity index (χ1v) is 7.83. The first-order chi connectivity index (χ1) is 10.0. The largest absolute Gasteiger partial charge is 0.465 e. The van der Waals surface area contributed by atoms with Crippen LogP contribution in [0.4, 0.5) is 0 Å². The summed E-state index contributed by atoms with van der Waals surface area (Å²) in [6.45, 7) is 0.331. The van der Waals surface area contributed by atoms with E-state index in [4.69, 9.17) is 4.74 Å². The number of sulfonamides is 1. The van der Waals surface area contributed by atoms with Crippen LogP contribution in [0.25, 0.3) is 0 Å². The van der Waals surface area contributed by atoms with Crippen LogP contribution in [0.3, 0.4) is 0 Å². The fourth-order valence-electron chi connectivity index (χ4n) is 2.12. The lowest BCUT2D eigenvalue weighted by Crippen LogP contribution is -2.50. The molecular weight excluding hydrogens is 298 g/mol. The Labute approximate surface area is 123 Å². The minimum absolute atomic E-state index is 0.0653. The Morgan fingerprint density at radius 3 is 2.67 bits per heavy atom. The zero-order valence-corrected chi connectivity index (χ0v) is 12.4. The van der Waals surface area contributed by atoms with Gasteiger partial charge in [0.25, 0.3) is 0 Å². The molecule has 1 aliphatic rings. The Bertz CT molecular complexity index is 598. The van der Waals surface area contributed by atoms with Crippen LogP contribution < -0.4 is 0 Å². The van der Waals surface area contributed by atoms with E-state index in [0.717, 1.165) is 0 Å². The molecule has 7 nitrogen and oxygen atoms in total. The molecule has 0 amide bonds. The van der Waals surface area contributed by atoms with Crippen molar-refractivity contribution >= 4 is 16.0 Å².